The minimum Gasteiger partial charge on any atom is -0.376 e. The van der Waals surface area contributed by atoms with Gasteiger partial charge in [0.15, 0.2) is 0 Å². The maximum atomic E-state index is 12.9. The van der Waals surface area contributed by atoms with Gasteiger partial charge in [0.05, 0.1) is 6.10 Å². The number of hydrogen-bond acceptors (Lipinski definition) is 2. The van der Waals surface area contributed by atoms with E-state index in [-0.39, 0.29) is 5.82 Å². The van der Waals surface area contributed by atoms with Gasteiger partial charge in [-0.05, 0) is 42.9 Å². The van der Waals surface area contributed by atoms with Crippen molar-refractivity contribution in [2.45, 2.75) is 38.0 Å². The van der Waals surface area contributed by atoms with Crippen molar-refractivity contribution < 1.29 is 9.13 Å². The first kappa shape index (κ1) is 12.4. The number of benzene rings is 1. The molecule has 2 unspecified atom stereocenters. The van der Waals surface area contributed by atoms with E-state index >= 15 is 0 Å². The molecule has 2 atom stereocenters. The molecule has 1 saturated heterocycles. The van der Waals surface area contributed by atoms with E-state index in [0.717, 1.165) is 24.5 Å². The SMILES string of the molecule is Fc1ccc(CNC2CCOC2C2CC2)c(Cl)c1. The highest BCUT2D eigenvalue weighted by Crippen LogP contribution is 2.38. The zero-order valence-corrected chi connectivity index (χ0v) is 10.9. The first-order valence-corrected chi connectivity index (χ1v) is 6.91. The van der Waals surface area contributed by atoms with Gasteiger partial charge in [-0.15, -0.1) is 0 Å². The first-order chi connectivity index (χ1) is 8.74. The smallest absolute Gasteiger partial charge is 0.124 e. The average molecular weight is 270 g/mol. The molecule has 1 aromatic rings. The number of rotatable bonds is 4. The molecule has 1 N–H and O–H groups in total. The fourth-order valence-electron chi connectivity index (χ4n) is 2.63. The van der Waals surface area contributed by atoms with Crippen molar-refractivity contribution in [2.75, 3.05) is 6.61 Å². The average Bonchev–Trinajstić information content (AvgIpc) is 3.08. The monoisotopic (exact) mass is 269 g/mol. The lowest BCUT2D eigenvalue weighted by Crippen LogP contribution is -2.37. The highest BCUT2D eigenvalue weighted by atomic mass is 35.5. The number of halogens is 2. The minimum absolute atomic E-state index is 0.288. The summed E-state index contributed by atoms with van der Waals surface area (Å²) in [6, 6.07) is 4.97. The van der Waals surface area contributed by atoms with Crippen LogP contribution in [0.3, 0.4) is 0 Å². The van der Waals surface area contributed by atoms with Crippen molar-refractivity contribution in [3.63, 3.8) is 0 Å². The molecule has 0 spiro atoms. The molecule has 1 saturated carbocycles. The van der Waals surface area contributed by atoms with Gasteiger partial charge in [0.2, 0.25) is 0 Å². The van der Waals surface area contributed by atoms with Gasteiger partial charge in [0, 0.05) is 24.2 Å². The Labute approximate surface area is 111 Å². The van der Waals surface area contributed by atoms with E-state index in [2.05, 4.69) is 5.32 Å². The molecular weight excluding hydrogens is 253 g/mol. The van der Waals surface area contributed by atoms with Crippen LogP contribution in [0.15, 0.2) is 18.2 Å². The first-order valence-electron chi connectivity index (χ1n) is 6.53. The summed E-state index contributed by atoms with van der Waals surface area (Å²) in [6.45, 7) is 1.52. The zero-order chi connectivity index (χ0) is 12.5. The van der Waals surface area contributed by atoms with E-state index in [1.165, 1.54) is 25.0 Å². The van der Waals surface area contributed by atoms with Crippen LogP contribution in [0.1, 0.15) is 24.8 Å². The molecule has 1 aliphatic carbocycles. The Hall–Kier alpha value is -0.640. The molecule has 2 nitrogen and oxygen atoms in total. The van der Waals surface area contributed by atoms with Gasteiger partial charge in [-0.1, -0.05) is 17.7 Å². The molecule has 18 heavy (non-hydrogen) atoms. The second-order valence-corrected chi connectivity index (χ2v) is 5.59. The molecule has 2 fully saturated rings. The maximum absolute atomic E-state index is 12.9. The second kappa shape index (κ2) is 5.16. The van der Waals surface area contributed by atoms with Gasteiger partial charge >= 0.3 is 0 Å². The predicted octanol–water partition coefficient (Wildman–Crippen LogP) is 3.14. The number of ether oxygens (including phenoxy) is 1. The van der Waals surface area contributed by atoms with Gasteiger partial charge in [-0.3, -0.25) is 0 Å². The van der Waals surface area contributed by atoms with E-state index < -0.39 is 0 Å². The Balaban J connectivity index is 1.60. The van der Waals surface area contributed by atoms with Crippen LogP contribution in [0.25, 0.3) is 0 Å². The van der Waals surface area contributed by atoms with E-state index in [0.29, 0.717) is 23.7 Å². The minimum atomic E-state index is -0.288. The zero-order valence-electron chi connectivity index (χ0n) is 10.2. The van der Waals surface area contributed by atoms with Gasteiger partial charge in [0.1, 0.15) is 5.82 Å². The molecule has 1 aromatic carbocycles. The third kappa shape index (κ3) is 2.68. The van der Waals surface area contributed by atoms with Gasteiger partial charge < -0.3 is 10.1 Å². The van der Waals surface area contributed by atoms with Crippen LogP contribution in [0.2, 0.25) is 5.02 Å². The Bertz CT molecular complexity index is 436. The topological polar surface area (TPSA) is 21.3 Å². The van der Waals surface area contributed by atoms with Crippen molar-refractivity contribution in [2.24, 2.45) is 5.92 Å². The van der Waals surface area contributed by atoms with E-state index in [9.17, 15) is 4.39 Å². The number of hydrogen-bond donors (Lipinski definition) is 1. The van der Waals surface area contributed by atoms with Gasteiger partial charge in [-0.25, -0.2) is 4.39 Å². The van der Waals surface area contributed by atoms with Crippen LogP contribution in [-0.2, 0) is 11.3 Å². The van der Waals surface area contributed by atoms with Crippen LogP contribution >= 0.6 is 11.6 Å². The van der Waals surface area contributed by atoms with Crippen LogP contribution < -0.4 is 5.32 Å². The predicted molar refractivity (Wildman–Crippen MR) is 69.1 cm³/mol. The summed E-state index contributed by atoms with van der Waals surface area (Å²) in [4.78, 5) is 0. The molecule has 0 radical (unpaired) electrons. The fraction of sp³-hybridized carbons (Fsp3) is 0.571. The molecule has 3 rings (SSSR count). The Morgan fingerprint density at radius 2 is 2.17 bits per heavy atom. The van der Waals surface area contributed by atoms with Crippen molar-refractivity contribution in [1.29, 1.82) is 0 Å². The summed E-state index contributed by atoms with van der Waals surface area (Å²) in [6.07, 6.45) is 4.00. The molecule has 2 aliphatic rings. The summed E-state index contributed by atoms with van der Waals surface area (Å²) >= 11 is 6.02. The van der Waals surface area contributed by atoms with Crippen LogP contribution in [0.5, 0.6) is 0 Å². The Morgan fingerprint density at radius 3 is 2.89 bits per heavy atom. The largest absolute Gasteiger partial charge is 0.376 e. The fourth-order valence-corrected chi connectivity index (χ4v) is 2.86. The van der Waals surface area contributed by atoms with Gasteiger partial charge in [0.25, 0.3) is 0 Å². The molecule has 1 heterocycles. The number of nitrogens with one attached hydrogen (secondary N) is 1. The summed E-state index contributed by atoms with van der Waals surface area (Å²) < 4.78 is 18.7. The van der Waals surface area contributed by atoms with Crippen LogP contribution in [-0.4, -0.2) is 18.8 Å². The van der Waals surface area contributed by atoms with Crippen LogP contribution in [0, 0.1) is 11.7 Å². The van der Waals surface area contributed by atoms with Crippen molar-refractivity contribution in [3.8, 4) is 0 Å². The lowest BCUT2D eigenvalue weighted by molar-refractivity contribution is 0.0809. The molecule has 98 valence electrons. The molecule has 0 amide bonds. The third-order valence-electron chi connectivity index (χ3n) is 3.79. The quantitative estimate of drug-likeness (QED) is 0.907. The summed E-state index contributed by atoms with van der Waals surface area (Å²) in [7, 11) is 0. The van der Waals surface area contributed by atoms with Crippen LogP contribution in [0.4, 0.5) is 4.39 Å². The molecule has 4 heteroatoms. The lowest BCUT2D eigenvalue weighted by atomic mass is 10.1. The Kier molecular flexibility index (Phi) is 3.55. The van der Waals surface area contributed by atoms with E-state index in [1.807, 2.05) is 0 Å². The lowest BCUT2D eigenvalue weighted by Gasteiger charge is -2.19. The molecular formula is C14H17ClFNO. The summed E-state index contributed by atoms with van der Waals surface area (Å²) in [5.74, 6) is 0.456. The molecule has 0 bridgehead atoms. The van der Waals surface area contributed by atoms with Crippen molar-refractivity contribution in [1.82, 2.24) is 5.32 Å². The van der Waals surface area contributed by atoms with Crippen molar-refractivity contribution >= 4 is 11.6 Å². The van der Waals surface area contributed by atoms with E-state index in [1.54, 1.807) is 6.07 Å². The summed E-state index contributed by atoms with van der Waals surface area (Å²) in [5, 5.41) is 3.99. The van der Waals surface area contributed by atoms with E-state index in [4.69, 9.17) is 16.3 Å². The second-order valence-electron chi connectivity index (χ2n) is 5.18. The standard InChI is InChI=1S/C14H17ClFNO/c15-12-7-11(16)4-3-10(12)8-17-13-5-6-18-14(13)9-1-2-9/h3-4,7,9,13-14,17H,1-2,5-6,8H2. The van der Waals surface area contributed by atoms with Crippen molar-refractivity contribution in [3.05, 3.63) is 34.6 Å². The normalized spacial score (nSPS) is 27.7. The van der Waals surface area contributed by atoms with Gasteiger partial charge in [-0.2, -0.15) is 0 Å². The molecule has 1 aliphatic heterocycles. The summed E-state index contributed by atoms with van der Waals surface area (Å²) in [5.41, 5.74) is 0.944. The Morgan fingerprint density at radius 1 is 1.33 bits per heavy atom. The molecule has 0 aromatic heterocycles. The maximum Gasteiger partial charge on any atom is 0.124 e. The third-order valence-corrected chi connectivity index (χ3v) is 4.14. The highest BCUT2D eigenvalue weighted by Gasteiger charge is 2.40. The highest BCUT2D eigenvalue weighted by molar-refractivity contribution is 6.31.